The Hall–Kier alpha value is -1.06. The molecule has 4 nitrogen and oxygen atoms in total. The first kappa shape index (κ1) is 8.04. The fraction of sp³-hybridized carbons (Fsp3) is 0.714. The van der Waals surface area contributed by atoms with Gasteiger partial charge in [0.2, 0.25) is 5.91 Å². The van der Waals surface area contributed by atoms with Crippen LogP contribution in [0.3, 0.4) is 0 Å². The summed E-state index contributed by atoms with van der Waals surface area (Å²) in [5, 5.41) is 2.03. The van der Waals surface area contributed by atoms with Gasteiger partial charge in [-0.2, -0.15) is 0 Å². The van der Waals surface area contributed by atoms with Crippen molar-refractivity contribution in [3.63, 3.8) is 0 Å². The van der Waals surface area contributed by atoms with Gasteiger partial charge < -0.3 is 5.73 Å². The van der Waals surface area contributed by atoms with E-state index in [0.717, 1.165) is 6.42 Å². The van der Waals surface area contributed by atoms with E-state index < -0.39 is 6.03 Å². The van der Waals surface area contributed by atoms with E-state index >= 15 is 0 Å². The Morgan fingerprint density at radius 3 is 2.55 bits per heavy atom. The van der Waals surface area contributed by atoms with Crippen molar-refractivity contribution >= 4 is 11.9 Å². The average Bonchev–Trinajstić information content (AvgIpc) is 2.63. The Morgan fingerprint density at radius 2 is 2.09 bits per heavy atom. The minimum absolute atomic E-state index is 0.260. The van der Waals surface area contributed by atoms with Crippen LogP contribution < -0.4 is 11.1 Å². The Morgan fingerprint density at radius 1 is 1.45 bits per heavy atom. The molecule has 3 amide bonds. The summed E-state index contributed by atoms with van der Waals surface area (Å²) in [7, 11) is 0. The maximum atomic E-state index is 10.8. The fourth-order valence-electron chi connectivity index (χ4n) is 0.942. The number of primary amides is 1. The van der Waals surface area contributed by atoms with Crippen molar-refractivity contribution in [2.24, 2.45) is 11.7 Å². The molecule has 11 heavy (non-hydrogen) atoms. The second-order valence-electron chi connectivity index (χ2n) is 2.89. The lowest BCUT2D eigenvalue weighted by atomic mass is 10.2. The minimum Gasteiger partial charge on any atom is -0.351 e. The van der Waals surface area contributed by atoms with Crippen LogP contribution >= 0.6 is 0 Å². The summed E-state index contributed by atoms with van der Waals surface area (Å²) in [4.78, 5) is 20.9. The quantitative estimate of drug-likeness (QED) is 0.619. The van der Waals surface area contributed by atoms with E-state index in [1.165, 1.54) is 12.8 Å². The SMILES string of the molecule is NC(=O)NC(=O)CCC1CC1. The second kappa shape index (κ2) is 3.37. The van der Waals surface area contributed by atoms with E-state index in [4.69, 9.17) is 5.73 Å². The van der Waals surface area contributed by atoms with Gasteiger partial charge in [0.05, 0.1) is 0 Å². The average molecular weight is 156 g/mol. The highest BCUT2D eigenvalue weighted by Crippen LogP contribution is 2.33. The first-order valence-corrected chi connectivity index (χ1v) is 3.78. The molecule has 0 aromatic heterocycles. The Labute approximate surface area is 65.1 Å². The first-order chi connectivity index (χ1) is 5.18. The molecule has 3 N–H and O–H groups in total. The van der Waals surface area contributed by atoms with E-state index in [9.17, 15) is 9.59 Å². The molecule has 1 rings (SSSR count). The van der Waals surface area contributed by atoms with Crippen LogP contribution in [0.25, 0.3) is 0 Å². The van der Waals surface area contributed by atoms with Crippen molar-refractivity contribution in [2.45, 2.75) is 25.7 Å². The van der Waals surface area contributed by atoms with Gasteiger partial charge in [-0.3, -0.25) is 10.1 Å². The highest BCUT2D eigenvalue weighted by Gasteiger charge is 2.21. The van der Waals surface area contributed by atoms with Gasteiger partial charge in [0.25, 0.3) is 0 Å². The van der Waals surface area contributed by atoms with E-state index in [0.29, 0.717) is 12.3 Å². The van der Waals surface area contributed by atoms with Crippen LogP contribution in [0.15, 0.2) is 0 Å². The van der Waals surface area contributed by atoms with Crippen LogP contribution in [0.2, 0.25) is 0 Å². The van der Waals surface area contributed by atoms with Crippen LogP contribution in [0.5, 0.6) is 0 Å². The largest absolute Gasteiger partial charge is 0.351 e. The molecule has 0 radical (unpaired) electrons. The fourth-order valence-corrected chi connectivity index (χ4v) is 0.942. The number of nitrogens with two attached hydrogens (primary N) is 1. The molecular weight excluding hydrogens is 144 g/mol. The molecule has 1 aliphatic carbocycles. The molecule has 62 valence electrons. The zero-order valence-corrected chi connectivity index (χ0v) is 6.30. The molecule has 1 aliphatic rings. The van der Waals surface area contributed by atoms with Crippen LogP contribution in [-0.4, -0.2) is 11.9 Å². The highest BCUT2D eigenvalue weighted by molar-refractivity contribution is 5.93. The molecule has 0 heterocycles. The number of nitrogens with one attached hydrogen (secondary N) is 1. The van der Waals surface area contributed by atoms with Gasteiger partial charge in [-0.15, -0.1) is 0 Å². The van der Waals surface area contributed by atoms with Gasteiger partial charge in [-0.1, -0.05) is 12.8 Å². The van der Waals surface area contributed by atoms with E-state index in [1.807, 2.05) is 5.32 Å². The first-order valence-electron chi connectivity index (χ1n) is 3.78. The number of hydrogen-bond acceptors (Lipinski definition) is 2. The molecule has 1 saturated carbocycles. The summed E-state index contributed by atoms with van der Waals surface area (Å²) in [6.07, 6.45) is 3.76. The second-order valence-corrected chi connectivity index (χ2v) is 2.89. The topological polar surface area (TPSA) is 72.2 Å². The third kappa shape index (κ3) is 3.60. The van der Waals surface area contributed by atoms with Gasteiger partial charge in [-0.25, -0.2) is 4.79 Å². The molecule has 0 aliphatic heterocycles. The molecule has 0 bridgehead atoms. The summed E-state index contributed by atoms with van der Waals surface area (Å²) >= 11 is 0. The van der Waals surface area contributed by atoms with Crippen molar-refractivity contribution in [2.75, 3.05) is 0 Å². The Bertz CT molecular complexity index is 175. The minimum atomic E-state index is -0.759. The zero-order valence-electron chi connectivity index (χ0n) is 6.30. The maximum absolute atomic E-state index is 10.8. The zero-order chi connectivity index (χ0) is 8.27. The van der Waals surface area contributed by atoms with Crippen LogP contribution in [0.4, 0.5) is 4.79 Å². The van der Waals surface area contributed by atoms with E-state index in [-0.39, 0.29) is 5.91 Å². The van der Waals surface area contributed by atoms with Crippen LogP contribution in [-0.2, 0) is 4.79 Å². The molecular formula is C7H12N2O2. The highest BCUT2D eigenvalue weighted by atomic mass is 16.2. The van der Waals surface area contributed by atoms with Crippen LogP contribution in [0.1, 0.15) is 25.7 Å². The number of carbonyl (C=O) groups excluding carboxylic acids is 2. The lowest BCUT2D eigenvalue weighted by molar-refractivity contribution is -0.120. The van der Waals surface area contributed by atoms with Crippen LogP contribution in [0, 0.1) is 5.92 Å². The molecule has 0 saturated heterocycles. The number of carbonyl (C=O) groups is 2. The Kier molecular flexibility index (Phi) is 2.46. The third-order valence-corrected chi connectivity index (χ3v) is 1.74. The summed E-state index contributed by atoms with van der Waals surface area (Å²) in [5.41, 5.74) is 4.74. The summed E-state index contributed by atoms with van der Waals surface area (Å²) in [5.74, 6) is 0.457. The molecule has 0 spiro atoms. The molecule has 0 aromatic rings. The monoisotopic (exact) mass is 156 g/mol. The molecule has 0 aromatic carbocycles. The van der Waals surface area contributed by atoms with Crippen molar-refractivity contribution < 1.29 is 9.59 Å². The van der Waals surface area contributed by atoms with Gasteiger partial charge in [-0.05, 0) is 12.3 Å². The van der Waals surface area contributed by atoms with Gasteiger partial charge in [0, 0.05) is 6.42 Å². The van der Waals surface area contributed by atoms with Gasteiger partial charge in [0.15, 0.2) is 0 Å². The van der Waals surface area contributed by atoms with Crippen molar-refractivity contribution in [1.29, 1.82) is 0 Å². The maximum Gasteiger partial charge on any atom is 0.318 e. The third-order valence-electron chi connectivity index (χ3n) is 1.74. The van der Waals surface area contributed by atoms with Gasteiger partial charge in [0.1, 0.15) is 0 Å². The van der Waals surface area contributed by atoms with E-state index in [1.54, 1.807) is 0 Å². The standard InChI is InChI=1S/C7H12N2O2/c8-7(11)9-6(10)4-3-5-1-2-5/h5H,1-4H2,(H3,8,9,10,11). The number of amides is 3. The molecule has 0 atom stereocenters. The lowest BCUT2D eigenvalue weighted by Crippen LogP contribution is -2.34. The Balaban J connectivity index is 2.04. The molecule has 0 unspecified atom stereocenters. The van der Waals surface area contributed by atoms with Crippen molar-refractivity contribution in [3.05, 3.63) is 0 Å². The van der Waals surface area contributed by atoms with Crippen molar-refractivity contribution in [1.82, 2.24) is 5.32 Å². The number of rotatable bonds is 3. The summed E-state index contributed by atoms with van der Waals surface area (Å²) < 4.78 is 0. The molecule has 1 fully saturated rings. The predicted molar refractivity (Wildman–Crippen MR) is 39.7 cm³/mol. The number of hydrogen-bond donors (Lipinski definition) is 2. The van der Waals surface area contributed by atoms with Gasteiger partial charge >= 0.3 is 6.03 Å². The lowest BCUT2D eigenvalue weighted by Gasteiger charge is -1.98. The van der Waals surface area contributed by atoms with Crippen molar-refractivity contribution in [3.8, 4) is 0 Å². The number of imide groups is 1. The summed E-state index contributed by atoms with van der Waals surface area (Å²) in [6.45, 7) is 0. The normalized spacial score (nSPS) is 16.0. The summed E-state index contributed by atoms with van der Waals surface area (Å²) in [6, 6.07) is -0.759. The smallest absolute Gasteiger partial charge is 0.318 e. The predicted octanol–water partition coefficient (Wildman–Crippen LogP) is 0.371. The van der Waals surface area contributed by atoms with E-state index in [2.05, 4.69) is 0 Å². The number of urea groups is 1. The molecule has 4 heteroatoms.